The maximum atomic E-state index is 10.6. The molecular formula is C13H9NO2S. The minimum absolute atomic E-state index is 0.191. The van der Waals surface area contributed by atoms with Gasteiger partial charge >= 0.3 is 0 Å². The van der Waals surface area contributed by atoms with Crippen LogP contribution in [0.1, 0.15) is 16.4 Å². The number of hydrogen-bond acceptors (Lipinski definition) is 3. The summed E-state index contributed by atoms with van der Waals surface area (Å²) in [7, 11) is 0. The molecule has 0 aliphatic heterocycles. The Morgan fingerprint density at radius 2 is 1.94 bits per heavy atom. The van der Waals surface area contributed by atoms with Crippen molar-refractivity contribution in [2.75, 3.05) is 0 Å². The topological polar surface area (TPSA) is 43.1 Å². The van der Waals surface area contributed by atoms with Crippen LogP contribution in [0, 0.1) is 10.1 Å². The lowest BCUT2D eigenvalue weighted by Crippen LogP contribution is -2.00. The number of nitro groups is 1. The quantitative estimate of drug-likeness (QED) is 0.457. The Morgan fingerprint density at radius 3 is 2.71 bits per heavy atom. The number of rotatable bonds is 2. The standard InChI is InChI=1S/C13H9NO2S/c15-14(16)17-12-8-7-10-4-1-3-9-5-2-6-11(12)13(9)10/h1-8,12H. The van der Waals surface area contributed by atoms with Crippen LogP contribution in [0.2, 0.25) is 0 Å². The summed E-state index contributed by atoms with van der Waals surface area (Å²) in [4.78, 5) is 10.6. The van der Waals surface area contributed by atoms with E-state index in [1.807, 2.05) is 48.6 Å². The first-order valence-electron chi connectivity index (χ1n) is 5.27. The molecule has 2 aromatic rings. The highest BCUT2D eigenvalue weighted by Gasteiger charge is 2.23. The average molecular weight is 243 g/mol. The van der Waals surface area contributed by atoms with E-state index in [-0.39, 0.29) is 9.58 Å². The van der Waals surface area contributed by atoms with Gasteiger partial charge in [-0.05, 0) is 21.9 Å². The first kappa shape index (κ1) is 10.4. The summed E-state index contributed by atoms with van der Waals surface area (Å²) >= 11 is 0.747. The summed E-state index contributed by atoms with van der Waals surface area (Å²) < 4.78 is -0.332. The molecule has 1 aliphatic rings. The van der Waals surface area contributed by atoms with Crippen LogP contribution in [0.4, 0.5) is 0 Å². The molecule has 0 fully saturated rings. The number of hydrogen-bond donors (Lipinski definition) is 0. The molecule has 0 heterocycles. The van der Waals surface area contributed by atoms with Crippen molar-refractivity contribution in [3.63, 3.8) is 0 Å². The zero-order valence-corrected chi connectivity index (χ0v) is 9.68. The molecule has 0 saturated carbocycles. The van der Waals surface area contributed by atoms with Crippen molar-refractivity contribution in [1.82, 2.24) is 0 Å². The van der Waals surface area contributed by atoms with E-state index in [0.717, 1.165) is 33.8 Å². The molecule has 2 aromatic carbocycles. The third-order valence-corrected chi connectivity index (χ3v) is 3.74. The van der Waals surface area contributed by atoms with E-state index in [9.17, 15) is 10.1 Å². The van der Waals surface area contributed by atoms with Gasteiger partial charge < -0.3 is 0 Å². The molecule has 0 aromatic heterocycles. The first-order chi connectivity index (χ1) is 8.25. The zero-order valence-electron chi connectivity index (χ0n) is 8.87. The van der Waals surface area contributed by atoms with Gasteiger partial charge in [-0.25, -0.2) is 0 Å². The molecular weight excluding hydrogens is 234 g/mol. The molecule has 0 amide bonds. The third kappa shape index (κ3) is 1.70. The smallest absolute Gasteiger partial charge is 0.240 e. The van der Waals surface area contributed by atoms with Crippen LogP contribution in [-0.4, -0.2) is 4.33 Å². The van der Waals surface area contributed by atoms with E-state index in [0.29, 0.717) is 0 Å². The molecule has 0 N–H and O–H groups in total. The molecule has 3 nitrogen and oxygen atoms in total. The molecule has 1 aliphatic carbocycles. The van der Waals surface area contributed by atoms with E-state index in [1.54, 1.807) is 0 Å². The highest BCUT2D eigenvalue weighted by atomic mass is 32.2. The average Bonchev–Trinajstić information content (AvgIpc) is 2.33. The Bertz CT molecular complexity index is 631. The fraction of sp³-hybridized carbons (Fsp3) is 0.0769. The van der Waals surface area contributed by atoms with Crippen LogP contribution in [0.3, 0.4) is 0 Å². The lowest BCUT2D eigenvalue weighted by Gasteiger charge is -2.16. The predicted octanol–water partition coefficient (Wildman–Crippen LogP) is 3.83. The fourth-order valence-electron chi connectivity index (χ4n) is 2.26. The van der Waals surface area contributed by atoms with Crippen molar-refractivity contribution in [3.05, 3.63) is 63.7 Å². The largest absolute Gasteiger partial charge is 0.251 e. The second-order valence-electron chi connectivity index (χ2n) is 3.90. The van der Waals surface area contributed by atoms with Crippen LogP contribution in [0.5, 0.6) is 0 Å². The van der Waals surface area contributed by atoms with E-state index >= 15 is 0 Å². The van der Waals surface area contributed by atoms with Crippen molar-refractivity contribution in [3.8, 4) is 0 Å². The summed E-state index contributed by atoms with van der Waals surface area (Å²) in [6.07, 6.45) is 3.86. The van der Waals surface area contributed by atoms with Gasteiger partial charge in [0, 0.05) is 0 Å². The van der Waals surface area contributed by atoms with Gasteiger partial charge in [-0.15, -0.1) is 0 Å². The van der Waals surface area contributed by atoms with Crippen LogP contribution >= 0.6 is 11.9 Å². The van der Waals surface area contributed by atoms with Gasteiger partial charge in [-0.2, -0.15) is 0 Å². The molecule has 3 rings (SSSR count). The molecule has 0 saturated heterocycles. The van der Waals surface area contributed by atoms with E-state index in [1.165, 1.54) is 0 Å². The fourth-order valence-corrected chi connectivity index (χ4v) is 2.90. The molecule has 4 heteroatoms. The Labute approximate surface area is 102 Å². The Morgan fingerprint density at radius 1 is 1.18 bits per heavy atom. The van der Waals surface area contributed by atoms with Gasteiger partial charge in [0.25, 0.3) is 0 Å². The minimum Gasteiger partial charge on any atom is -0.251 e. The minimum atomic E-state index is -0.332. The summed E-state index contributed by atoms with van der Waals surface area (Å²) in [5.74, 6) is 0. The molecule has 17 heavy (non-hydrogen) atoms. The van der Waals surface area contributed by atoms with Crippen molar-refractivity contribution in [2.24, 2.45) is 0 Å². The van der Waals surface area contributed by atoms with Gasteiger partial charge in [0.15, 0.2) is 0 Å². The van der Waals surface area contributed by atoms with Crippen LogP contribution < -0.4 is 0 Å². The maximum Gasteiger partial charge on any atom is 0.240 e. The van der Waals surface area contributed by atoms with Crippen molar-refractivity contribution in [1.29, 1.82) is 0 Å². The van der Waals surface area contributed by atoms with Gasteiger partial charge in [-0.1, -0.05) is 48.6 Å². The molecule has 0 radical (unpaired) electrons. The van der Waals surface area contributed by atoms with Gasteiger partial charge in [0.05, 0.1) is 0 Å². The van der Waals surface area contributed by atoms with E-state index in [2.05, 4.69) is 0 Å². The summed E-state index contributed by atoms with van der Waals surface area (Å²) in [5.41, 5.74) is 2.17. The van der Waals surface area contributed by atoms with Crippen molar-refractivity contribution >= 4 is 28.8 Å². The monoisotopic (exact) mass is 243 g/mol. The summed E-state index contributed by atoms with van der Waals surface area (Å²) in [6.45, 7) is 0. The lowest BCUT2D eigenvalue weighted by atomic mass is 9.93. The zero-order chi connectivity index (χ0) is 11.8. The van der Waals surface area contributed by atoms with Crippen molar-refractivity contribution in [2.45, 2.75) is 5.25 Å². The molecule has 0 bridgehead atoms. The van der Waals surface area contributed by atoms with Crippen LogP contribution in [0.25, 0.3) is 16.8 Å². The van der Waals surface area contributed by atoms with E-state index in [4.69, 9.17) is 0 Å². The maximum absolute atomic E-state index is 10.6. The second kappa shape index (κ2) is 3.89. The van der Waals surface area contributed by atoms with Gasteiger partial charge in [0.1, 0.15) is 9.58 Å². The summed E-state index contributed by atoms with van der Waals surface area (Å²) in [6, 6.07) is 12.0. The van der Waals surface area contributed by atoms with Crippen LogP contribution in [-0.2, 0) is 0 Å². The molecule has 1 unspecified atom stereocenters. The predicted molar refractivity (Wildman–Crippen MR) is 70.3 cm³/mol. The normalized spacial score (nSPS) is 17.3. The third-order valence-electron chi connectivity index (χ3n) is 2.93. The first-order valence-corrected chi connectivity index (χ1v) is 6.10. The highest BCUT2D eigenvalue weighted by Crippen LogP contribution is 2.40. The van der Waals surface area contributed by atoms with Crippen LogP contribution in [0.15, 0.2) is 42.5 Å². The molecule has 0 spiro atoms. The SMILES string of the molecule is O=[N+]([O-])SC1C=Cc2cccc3cccc1c23. The Balaban J connectivity index is 2.23. The molecule has 84 valence electrons. The van der Waals surface area contributed by atoms with E-state index < -0.39 is 0 Å². The summed E-state index contributed by atoms with van der Waals surface area (Å²) in [5, 5.41) is 12.7. The second-order valence-corrected chi connectivity index (χ2v) is 4.92. The number of benzene rings is 2. The Kier molecular flexibility index (Phi) is 2.37. The Hall–Kier alpha value is -1.81. The number of nitrogens with zero attached hydrogens (tertiary/aromatic N) is 1. The molecule has 1 atom stereocenters. The lowest BCUT2D eigenvalue weighted by molar-refractivity contribution is -0.284. The highest BCUT2D eigenvalue weighted by molar-refractivity contribution is 7.93. The van der Waals surface area contributed by atoms with Gasteiger partial charge in [-0.3, -0.25) is 10.1 Å². The van der Waals surface area contributed by atoms with Crippen molar-refractivity contribution < 1.29 is 4.33 Å². The van der Waals surface area contributed by atoms with Gasteiger partial charge in [0.2, 0.25) is 11.9 Å².